The summed E-state index contributed by atoms with van der Waals surface area (Å²) in [5.74, 6) is 1.74. The third-order valence-corrected chi connectivity index (χ3v) is 4.11. The van der Waals surface area contributed by atoms with Gasteiger partial charge in [-0.2, -0.15) is 0 Å². The maximum absolute atomic E-state index is 12.0. The number of carbonyl (C=O) groups is 1. The van der Waals surface area contributed by atoms with E-state index in [-0.39, 0.29) is 12.0 Å². The van der Waals surface area contributed by atoms with Crippen LogP contribution < -0.4 is 20.7 Å². The third kappa shape index (κ3) is 6.98. The maximum atomic E-state index is 12.0. The van der Waals surface area contributed by atoms with Crippen LogP contribution in [0.5, 0.6) is 5.75 Å². The Labute approximate surface area is 166 Å². The lowest BCUT2D eigenvalue weighted by molar-refractivity contribution is 0.0925. The van der Waals surface area contributed by atoms with Gasteiger partial charge >= 0.3 is 0 Å². The average molecular weight is 386 g/mol. The van der Waals surface area contributed by atoms with Gasteiger partial charge in [0, 0.05) is 25.7 Å². The van der Waals surface area contributed by atoms with Crippen molar-refractivity contribution in [2.75, 3.05) is 26.7 Å². The number of nitrogens with one attached hydrogen (secondary N) is 3. The number of amides is 1. The molecule has 2 aromatic rings. The molecule has 0 fully saturated rings. The molecule has 7 nitrogen and oxygen atoms in total. The topological polar surface area (TPSA) is 87.9 Å². The van der Waals surface area contributed by atoms with Gasteiger partial charge in [0.25, 0.3) is 5.91 Å². The molecule has 0 aliphatic rings. The SMILES string of the molecule is CN=C(NCCCNC(=O)c1occc1C)NCC(C)Oc1cccc(C)c1. The Balaban J connectivity index is 1.62. The van der Waals surface area contributed by atoms with Crippen molar-refractivity contribution in [1.29, 1.82) is 0 Å². The largest absolute Gasteiger partial charge is 0.489 e. The predicted octanol–water partition coefficient (Wildman–Crippen LogP) is 2.65. The summed E-state index contributed by atoms with van der Waals surface area (Å²) < 4.78 is 11.1. The molecule has 0 aliphatic carbocycles. The lowest BCUT2D eigenvalue weighted by Crippen LogP contribution is -2.42. The zero-order valence-corrected chi connectivity index (χ0v) is 17.0. The predicted molar refractivity (Wildman–Crippen MR) is 111 cm³/mol. The van der Waals surface area contributed by atoms with Crippen molar-refractivity contribution in [1.82, 2.24) is 16.0 Å². The average Bonchev–Trinajstić information content (AvgIpc) is 3.10. The van der Waals surface area contributed by atoms with E-state index in [1.165, 1.54) is 11.8 Å². The zero-order valence-electron chi connectivity index (χ0n) is 17.0. The molecule has 28 heavy (non-hydrogen) atoms. The number of hydrogen-bond donors (Lipinski definition) is 3. The summed E-state index contributed by atoms with van der Waals surface area (Å²) in [5, 5.41) is 9.32. The summed E-state index contributed by atoms with van der Waals surface area (Å²) in [5.41, 5.74) is 2.01. The van der Waals surface area contributed by atoms with Gasteiger partial charge in [-0.15, -0.1) is 0 Å². The molecular weight excluding hydrogens is 356 g/mol. The van der Waals surface area contributed by atoms with Gasteiger partial charge in [-0.25, -0.2) is 0 Å². The van der Waals surface area contributed by atoms with Crippen molar-refractivity contribution in [2.24, 2.45) is 4.99 Å². The molecule has 2 rings (SSSR count). The van der Waals surface area contributed by atoms with Crippen LogP contribution in [0, 0.1) is 13.8 Å². The summed E-state index contributed by atoms with van der Waals surface area (Å²) in [6.45, 7) is 7.76. The number of hydrogen-bond acceptors (Lipinski definition) is 4. The van der Waals surface area contributed by atoms with E-state index >= 15 is 0 Å². The van der Waals surface area contributed by atoms with Crippen LogP contribution >= 0.6 is 0 Å². The first-order valence-corrected chi connectivity index (χ1v) is 9.49. The molecule has 1 aromatic heterocycles. The van der Waals surface area contributed by atoms with E-state index in [2.05, 4.69) is 20.9 Å². The summed E-state index contributed by atoms with van der Waals surface area (Å²) in [6, 6.07) is 9.77. The summed E-state index contributed by atoms with van der Waals surface area (Å²) >= 11 is 0. The summed E-state index contributed by atoms with van der Waals surface area (Å²) in [7, 11) is 1.73. The molecular formula is C21H30N4O3. The quantitative estimate of drug-likeness (QED) is 0.350. The molecule has 1 heterocycles. The molecule has 0 saturated heterocycles. The van der Waals surface area contributed by atoms with Gasteiger partial charge in [0.05, 0.1) is 12.8 Å². The molecule has 3 N–H and O–H groups in total. The van der Waals surface area contributed by atoms with E-state index in [4.69, 9.17) is 9.15 Å². The molecule has 7 heteroatoms. The number of guanidine groups is 1. The zero-order chi connectivity index (χ0) is 20.4. The highest BCUT2D eigenvalue weighted by Crippen LogP contribution is 2.13. The Morgan fingerprint density at radius 3 is 2.64 bits per heavy atom. The summed E-state index contributed by atoms with van der Waals surface area (Å²) in [6.07, 6.45) is 2.28. The van der Waals surface area contributed by atoms with Crippen LogP contribution in [0.15, 0.2) is 46.0 Å². The minimum atomic E-state index is -0.188. The lowest BCUT2D eigenvalue weighted by atomic mass is 10.2. The highest BCUT2D eigenvalue weighted by Gasteiger charge is 2.11. The molecule has 1 atom stereocenters. The highest BCUT2D eigenvalue weighted by molar-refractivity contribution is 5.92. The number of nitrogens with zero attached hydrogens (tertiary/aromatic N) is 1. The van der Waals surface area contributed by atoms with Crippen molar-refractivity contribution < 1.29 is 13.9 Å². The van der Waals surface area contributed by atoms with Gasteiger partial charge in [0.1, 0.15) is 11.9 Å². The number of carbonyl (C=O) groups excluding carboxylic acids is 1. The van der Waals surface area contributed by atoms with Crippen LogP contribution in [0.4, 0.5) is 0 Å². The van der Waals surface area contributed by atoms with Crippen LogP contribution in [-0.2, 0) is 0 Å². The van der Waals surface area contributed by atoms with Crippen molar-refractivity contribution in [3.05, 3.63) is 53.5 Å². The molecule has 0 bridgehead atoms. The second-order valence-electron chi connectivity index (χ2n) is 6.67. The van der Waals surface area contributed by atoms with E-state index in [1.807, 2.05) is 45.0 Å². The van der Waals surface area contributed by atoms with Gasteiger partial charge < -0.3 is 25.1 Å². The Morgan fingerprint density at radius 1 is 1.18 bits per heavy atom. The molecule has 0 spiro atoms. The lowest BCUT2D eigenvalue weighted by Gasteiger charge is -2.18. The van der Waals surface area contributed by atoms with E-state index in [9.17, 15) is 4.79 Å². The van der Waals surface area contributed by atoms with E-state index < -0.39 is 0 Å². The van der Waals surface area contributed by atoms with Gasteiger partial charge in [0.2, 0.25) is 0 Å². The van der Waals surface area contributed by atoms with Crippen LogP contribution in [0.25, 0.3) is 0 Å². The maximum Gasteiger partial charge on any atom is 0.287 e. The Bertz CT molecular complexity index is 785. The highest BCUT2D eigenvalue weighted by atomic mass is 16.5. The standard InChI is InChI=1S/C21H30N4O3/c1-15-7-5-8-18(13-15)28-17(3)14-25-21(22-4)24-11-6-10-23-20(26)19-16(2)9-12-27-19/h5,7-9,12-13,17H,6,10-11,14H2,1-4H3,(H,23,26)(H2,22,24,25). The summed E-state index contributed by atoms with van der Waals surface area (Å²) in [4.78, 5) is 16.2. The van der Waals surface area contributed by atoms with E-state index in [0.29, 0.717) is 31.4 Å². The first kappa shape index (κ1) is 21.3. The van der Waals surface area contributed by atoms with Gasteiger partial charge in [-0.1, -0.05) is 12.1 Å². The van der Waals surface area contributed by atoms with Crippen LogP contribution in [0.1, 0.15) is 35.0 Å². The van der Waals surface area contributed by atoms with Gasteiger partial charge in [-0.05, 0) is 51.0 Å². The molecule has 1 amide bonds. The second kappa shape index (κ2) is 11.0. The fraction of sp³-hybridized carbons (Fsp3) is 0.429. The Hall–Kier alpha value is -2.96. The minimum Gasteiger partial charge on any atom is -0.489 e. The van der Waals surface area contributed by atoms with Gasteiger partial charge in [0.15, 0.2) is 11.7 Å². The molecule has 0 radical (unpaired) electrons. The minimum absolute atomic E-state index is 0.00354. The molecule has 1 unspecified atom stereocenters. The second-order valence-corrected chi connectivity index (χ2v) is 6.67. The number of furan rings is 1. The Kier molecular flexibility index (Phi) is 8.39. The number of aryl methyl sites for hydroxylation is 2. The number of aliphatic imine (C=N–C) groups is 1. The number of rotatable bonds is 9. The molecule has 152 valence electrons. The molecule has 1 aromatic carbocycles. The van der Waals surface area contributed by atoms with Crippen LogP contribution in [0.3, 0.4) is 0 Å². The van der Waals surface area contributed by atoms with Crippen molar-refractivity contribution in [3.63, 3.8) is 0 Å². The Morgan fingerprint density at radius 2 is 1.96 bits per heavy atom. The monoisotopic (exact) mass is 386 g/mol. The first-order valence-electron chi connectivity index (χ1n) is 9.49. The van der Waals surface area contributed by atoms with Crippen molar-refractivity contribution >= 4 is 11.9 Å². The van der Waals surface area contributed by atoms with Crippen molar-refractivity contribution in [2.45, 2.75) is 33.3 Å². The normalized spacial score (nSPS) is 12.4. The van der Waals surface area contributed by atoms with Crippen LogP contribution in [-0.4, -0.2) is 44.7 Å². The molecule has 0 saturated carbocycles. The fourth-order valence-corrected chi connectivity index (χ4v) is 2.61. The van der Waals surface area contributed by atoms with E-state index in [1.54, 1.807) is 13.1 Å². The number of ether oxygens (including phenoxy) is 1. The molecule has 0 aliphatic heterocycles. The number of benzene rings is 1. The van der Waals surface area contributed by atoms with Gasteiger partial charge in [-0.3, -0.25) is 9.79 Å². The first-order chi connectivity index (χ1) is 13.5. The smallest absolute Gasteiger partial charge is 0.287 e. The third-order valence-electron chi connectivity index (χ3n) is 4.11. The van der Waals surface area contributed by atoms with E-state index in [0.717, 1.165) is 17.7 Å². The van der Waals surface area contributed by atoms with Crippen LogP contribution in [0.2, 0.25) is 0 Å². The van der Waals surface area contributed by atoms with Crippen molar-refractivity contribution in [3.8, 4) is 5.75 Å². The fourth-order valence-electron chi connectivity index (χ4n) is 2.61.